The highest BCUT2D eigenvalue weighted by atomic mass is 32.1. The number of fused-ring (bicyclic) bond motifs is 2. The summed E-state index contributed by atoms with van der Waals surface area (Å²) in [6.07, 6.45) is 5.26. The number of rotatable bonds is 6. The summed E-state index contributed by atoms with van der Waals surface area (Å²) in [6.45, 7) is -0.292. The minimum absolute atomic E-state index is 0.292. The van der Waals surface area contributed by atoms with Crippen molar-refractivity contribution in [1.82, 2.24) is 15.2 Å². The number of aromatic nitrogens is 3. The fourth-order valence-electron chi connectivity index (χ4n) is 3.94. The molecule has 1 aliphatic rings. The van der Waals surface area contributed by atoms with E-state index in [2.05, 4.69) is 26.9 Å². The van der Waals surface area contributed by atoms with E-state index in [-0.39, 0.29) is 12.5 Å². The van der Waals surface area contributed by atoms with Crippen LogP contribution in [0.25, 0.3) is 20.8 Å². The maximum atomic E-state index is 13.2. The number of amides is 1. The van der Waals surface area contributed by atoms with Crippen LogP contribution in [0.4, 0.5) is 10.8 Å². The summed E-state index contributed by atoms with van der Waals surface area (Å²) in [4.78, 5) is 30.4. The molecule has 0 unspecified atom stereocenters. The van der Waals surface area contributed by atoms with Crippen LogP contribution >= 0.6 is 22.7 Å². The highest BCUT2D eigenvalue weighted by Crippen LogP contribution is 2.38. The first kappa shape index (κ1) is 21.5. The Labute approximate surface area is 197 Å². The summed E-state index contributed by atoms with van der Waals surface area (Å²) >= 11 is 2.55. The number of aryl methyl sites for hydroxylation is 2. The van der Waals surface area contributed by atoms with Gasteiger partial charge in [0.05, 0.1) is 5.69 Å². The van der Waals surface area contributed by atoms with E-state index in [1.807, 2.05) is 30.3 Å². The quantitative estimate of drug-likeness (QED) is 0.339. The third kappa shape index (κ3) is 4.57. The van der Waals surface area contributed by atoms with Crippen molar-refractivity contribution in [2.75, 3.05) is 17.2 Å². The Morgan fingerprint density at radius 1 is 1.03 bits per heavy atom. The molecule has 0 aliphatic heterocycles. The lowest BCUT2D eigenvalue weighted by Gasteiger charge is -2.08. The molecule has 1 amide bonds. The number of pyridine rings is 1. The van der Waals surface area contributed by atoms with Crippen LogP contribution in [-0.4, -0.2) is 38.7 Å². The molecule has 168 valence electrons. The first-order valence-electron chi connectivity index (χ1n) is 10.7. The molecule has 0 saturated carbocycles. The Kier molecular flexibility index (Phi) is 6.01. The predicted octanol–water partition coefficient (Wildman–Crippen LogP) is 4.83. The Morgan fingerprint density at radius 3 is 2.67 bits per heavy atom. The van der Waals surface area contributed by atoms with Gasteiger partial charge in [-0.2, -0.15) is 0 Å². The molecule has 1 aliphatic carbocycles. The number of anilines is 2. The molecule has 0 radical (unpaired) electrons. The van der Waals surface area contributed by atoms with Crippen molar-refractivity contribution in [2.45, 2.75) is 32.1 Å². The number of carboxylic acid groups (broad SMARTS) is 1. The molecule has 33 heavy (non-hydrogen) atoms. The van der Waals surface area contributed by atoms with Crippen molar-refractivity contribution in [1.29, 1.82) is 0 Å². The summed E-state index contributed by atoms with van der Waals surface area (Å²) in [5.74, 6) is -1.36. The predicted molar refractivity (Wildman–Crippen MR) is 130 cm³/mol. The average molecular weight is 480 g/mol. The first-order chi connectivity index (χ1) is 16.1. The number of carbonyl (C=O) groups excluding carboxylic acids is 1. The Morgan fingerprint density at radius 2 is 1.85 bits per heavy atom. The number of aliphatic carboxylic acids is 1. The van der Waals surface area contributed by atoms with E-state index >= 15 is 0 Å². The zero-order valence-corrected chi connectivity index (χ0v) is 19.3. The third-order valence-corrected chi connectivity index (χ3v) is 7.49. The van der Waals surface area contributed by atoms with Gasteiger partial charge in [-0.25, -0.2) is 4.98 Å². The van der Waals surface area contributed by atoms with Crippen LogP contribution in [0.2, 0.25) is 0 Å². The highest BCUT2D eigenvalue weighted by molar-refractivity contribution is 7.21. The van der Waals surface area contributed by atoms with Crippen LogP contribution in [0, 0.1) is 0 Å². The summed E-state index contributed by atoms with van der Waals surface area (Å²) in [7, 11) is 0. The van der Waals surface area contributed by atoms with Gasteiger partial charge in [-0.1, -0.05) is 48.1 Å². The van der Waals surface area contributed by atoms with Crippen LogP contribution < -0.4 is 10.6 Å². The Hall–Kier alpha value is -3.37. The molecule has 0 bridgehead atoms. The second-order valence-corrected chi connectivity index (χ2v) is 9.77. The summed E-state index contributed by atoms with van der Waals surface area (Å²) in [5, 5.41) is 25.1. The van der Waals surface area contributed by atoms with Crippen molar-refractivity contribution in [2.24, 2.45) is 0 Å². The van der Waals surface area contributed by atoms with Crippen molar-refractivity contribution < 1.29 is 14.7 Å². The first-order valence-corrected chi connectivity index (χ1v) is 12.3. The van der Waals surface area contributed by atoms with Crippen LogP contribution in [0.1, 0.15) is 40.2 Å². The lowest BCUT2D eigenvalue weighted by molar-refractivity contribution is -0.134. The van der Waals surface area contributed by atoms with E-state index < -0.39 is 5.97 Å². The number of nitrogens with one attached hydrogen (secondary N) is 2. The van der Waals surface area contributed by atoms with E-state index in [0.717, 1.165) is 47.2 Å². The van der Waals surface area contributed by atoms with E-state index in [1.165, 1.54) is 34.7 Å². The average Bonchev–Trinajstić information content (AvgIpc) is 3.34. The molecule has 0 fully saturated rings. The minimum atomic E-state index is -1.000. The van der Waals surface area contributed by atoms with E-state index in [1.54, 1.807) is 0 Å². The fraction of sp³-hybridized carbons (Fsp3) is 0.261. The summed E-state index contributed by atoms with van der Waals surface area (Å²) in [6, 6.07) is 11.7. The van der Waals surface area contributed by atoms with Crippen molar-refractivity contribution in [3.8, 4) is 10.6 Å². The Balaban J connectivity index is 1.48. The van der Waals surface area contributed by atoms with Gasteiger partial charge in [-0.3, -0.25) is 14.9 Å². The molecule has 0 saturated heterocycles. The number of hydrogen-bond donors (Lipinski definition) is 3. The standard InChI is InChI=1S/C23H21N5O3S2/c29-17(30)12-24-18-15-11-14-9-5-2-6-10-16(14)25-22(15)32-19(18)20(31)26-23-28-27-21(33-23)13-7-3-1-4-8-13/h1,3-4,7-8,11,24H,2,5-6,9-10,12H2,(H,29,30)(H,26,28,31). The van der Waals surface area contributed by atoms with Crippen LogP contribution in [0.15, 0.2) is 36.4 Å². The molecule has 0 atom stereocenters. The van der Waals surface area contributed by atoms with E-state index in [9.17, 15) is 14.7 Å². The van der Waals surface area contributed by atoms with Gasteiger partial charge in [0.1, 0.15) is 21.3 Å². The topological polar surface area (TPSA) is 117 Å². The molecule has 10 heteroatoms. The summed E-state index contributed by atoms with van der Waals surface area (Å²) in [5.41, 5.74) is 3.68. The van der Waals surface area contributed by atoms with Gasteiger partial charge >= 0.3 is 5.97 Å². The molecule has 5 rings (SSSR count). The molecular formula is C23H21N5O3S2. The SMILES string of the molecule is O=C(O)CNc1c(C(=O)Nc2nnc(-c3ccccc3)s2)sc2nc3c(cc12)CCCCC3. The van der Waals surface area contributed by atoms with Gasteiger partial charge in [-0.05, 0) is 37.3 Å². The van der Waals surface area contributed by atoms with Crippen LogP contribution in [0.3, 0.4) is 0 Å². The van der Waals surface area contributed by atoms with Gasteiger partial charge < -0.3 is 10.4 Å². The highest BCUT2D eigenvalue weighted by Gasteiger charge is 2.23. The van der Waals surface area contributed by atoms with Crippen molar-refractivity contribution in [3.05, 3.63) is 52.5 Å². The second-order valence-electron chi connectivity index (χ2n) is 7.79. The zero-order valence-electron chi connectivity index (χ0n) is 17.6. The van der Waals surface area contributed by atoms with Gasteiger partial charge in [0, 0.05) is 16.6 Å². The maximum absolute atomic E-state index is 13.2. The monoisotopic (exact) mass is 479 g/mol. The van der Waals surface area contributed by atoms with E-state index in [0.29, 0.717) is 20.7 Å². The maximum Gasteiger partial charge on any atom is 0.322 e. The molecule has 3 aromatic heterocycles. The van der Waals surface area contributed by atoms with Crippen LogP contribution in [-0.2, 0) is 17.6 Å². The number of thiophene rings is 1. The lowest BCUT2D eigenvalue weighted by atomic mass is 10.1. The van der Waals surface area contributed by atoms with E-state index in [4.69, 9.17) is 4.98 Å². The second kappa shape index (κ2) is 9.24. The lowest BCUT2D eigenvalue weighted by Crippen LogP contribution is -2.16. The Bertz CT molecular complexity index is 1330. The van der Waals surface area contributed by atoms with Gasteiger partial charge in [-0.15, -0.1) is 21.5 Å². The molecule has 4 aromatic rings. The smallest absolute Gasteiger partial charge is 0.322 e. The zero-order chi connectivity index (χ0) is 22.8. The molecule has 3 N–H and O–H groups in total. The third-order valence-electron chi connectivity index (χ3n) is 5.50. The van der Waals surface area contributed by atoms with Gasteiger partial charge in [0.25, 0.3) is 5.91 Å². The number of hydrogen-bond acceptors (Lipinski definition) is 8. The van der Waals surface area contributed by atoms with Gasteiger partial charge in [0.2, 0.25) is 5.13 Å². The number of benzene rings is 1. The number of carbonyl (C=O) groups is 2. The normalized spacial score (nSPS) is 13.3. The molecule has 8 nitrogen and oxygen atoms in total. The largest absolute Gasteiger partial charge is 0.480 e. The molecule has 1 aromatic carbocycles. The molecular weight excluding hydrogens is 458 g/mol. The van der Waals surface area contributed by atoms with Crippen molar-refractivity contribution >= 4 is 55.6 Å². The van der Waals surface area contributed by atoms with Gasteiger partial charge in [0.15, 0.2) is 0 Å². The van der Waals surface area contributed by atoms with Crippen molar-refractivity contribution in [3.63, 3.8) is 0 Å². The minimum Gasteiger partial charge on any atom is -0.480 e. The molecule has 0 spiro atoms. The summed E-state index contributed by atoms with van der Waals surface area (Å²) < 4.78 is 0. The number of carboxylic acids is 1. The van der Waals surface area contributed by atoms with Crippen LogP contribution in [0.5, 0.6) is 0 Å². The fourth-order valence-corrected chi connectivity index (χ4v) is 5.73. The number of nitrogens with zero attached hydrogens (tertiary/aromatic N) is 3. The molecule has 3 heterocycles.